The van der Waals surface area contributed by atoms with Crippen molar-refractivity contribution in [1.82, 2.24) is 4.90 Å². The van der Waals surface area contributed by atoms with E-state index in [4.69, 9.17) is 21.6 Å². The number of rotatable bonds is 4. The third-order valence-corrected chi connectivity index (χ3v) is 4.92. The van der Waals surface area contributed by atoms with E-state index < -0.39 is 0 Å². The van der Waals surface area contributed by atoms with Crippen molar-refractivity contribution in [3.8, 4) is 23.8 Å². The second kappa shape index (κ2) is 7.78. The van der Waals surface area contributed by atoms with Crippen molar-refractivity contribution >= 4 is 18.3 Å². The molecule has 1 aliphatic carbocycles. The number of carbonyl (C=O) groups is 1. The van der Waals surface area contributed by atoms with Gasteiger partial charge >= 0.3 is 0 Å². The third kappa shape index (κ3) is 3.45. The smallest absolute Gasteiger partial charge is 0.254 e. The Bertz CT molecular complexity index is 630. The van der Waals surface area contributed by atoms with Gasteiger partial charge in [-0.15, -0.1) is 18.8 Å². The molecule has 3 atom stereocenters. The number of piperidine rings is 1. The second-order valence-electron chi connectivity index (χ2n) is 6.24. The van der Waals surface area contributed by atoms with Crippen LogP contribution in [0.15, 0.2) is 18.2 Å². The van der Waals surface area contributed by atoms with Crippen molar-refractivity contribution in [2.45, 2.75) is 18.9 Å². The first kappa shape index (κ1) is 18.4. The number of hydrogen-bond acceptors (Lipinski definition) is 4. The van der Waals surface area contributed by atoms with E-state index in [9.17, 15) is 4.79 Å². The summed E-state index contributed by atoms with van der Waals surface area (Å²) in [7, 11) is 1.56. The fourth-order valence-electron chi connectivity index (χ4n) is 3.65. The number of fused-ring (bicyclic) bond motifs is 2. The normalized spacial score (nSPS) is 24.7. The largest absolute Gasteiger partial charge is 0.493 e. The van der Waals surface area contributed by atoms with Crippen LogP contribution in [0.5, 0.6) is 11.5 Å². The van der Waals surface area contributed by atoms with E-state index in [1.165, 1.54) is 0 Å². The van der Waals surface area contributed by atoms with Gasteiger partial charge in [-0.2, -0.15) is 0 Å². The molecule has 1 heterocycles. The molecule has 6 heteroatoms. The molecule has 0 spiro atoms. The summed E-state index contributed by atoms with van der Waals surface area (Å²) in [5, 5.41) is 0. The predicted octanol–water partition coefficient (Wildman–Crippen LogP) is 1.94. The molecular formula is C18H23ClN2O3. The van der Waals surface area contributed by atoms with Gasteiger partial charge in [-0.25, -0.2) is 0 Å². The number of terminal acetylenes is 1. The first-order valence-corrected chi connectivity index (χ1v) is 7.93. The first-order chi connectivity index (χ1) is 11.1. The highest BCUT2D eigenvalue weighted by Crippen LogP contribution is 2.36. The molecule has 1 aromatic carbocycles. The van der Waals surface area contributed by atoms with Crippen molar-refractivity contribution < 1.29 is 14.3 Å². The minimum atomic E-state index is 0. The number of hydrogen-bond donors (Lipinski definition) is 1. The fraction of sp³-hybridized carbons (Fsp3) is 0.500. The molecular weight excluding hydrogens is 328 g/mol. The van der Waals surface area contributed by atoms with Crippen LogP contribution in [0.1, 0.15) is 23.2 Å². The van der Waals surface area contributed by atoms with Crippen LogP contribution in [-0.2, 0) is 0 Å². The van der Waals surface area contributed by atoms with Gasteiger partial charge in [0.05, 0.1) is 7.11 Å². The quantitative estimate of drug-likeness (QED) is 0.843. The minimum absolute atomic E-state index is 0. The number of amides is 1. The fourth-order valence-corrected chi connectivity index (χ4v) is 3.65. The zero-order valence-electron chi connectivity index (χ0n) is 13.7. The summed E-state index contributed by atoms with van der Waals surface area (Å²) in [5.74, 6) is 4.34. The van der Waals surface area contributed by atoms with Gasteiger partial charge in [-0.1, -0.05) is 5.92 Å². The summed E-state index contributed by atoms with van der Waals surface area (Å²) in [6.45, 7) is 1.61. The van der Waals surface area contributed by atoms with Crippen LogP contribution in [-0.4, -0.2) is 43.7 Å². The second-order valence-corrected chi connectivity index (χ2v) is 6.24. The summed E-state index contributed by atoms with van der Waals surface area (Å²) >= 11 is 0. The zero-order chi connectivity index (χ0) is 16.4. The lowest BCUT2D eigenvalue weighted by molar-refractivity contribution is 0.0637. The van der Waals surface area contributed by atoms with E-state index in [0.717, 1.165) is 25.9 Å². The molecule has 2 N–H and O–H groups in total. The highest BCUT2D eigenvalue weighted by molar-refractivity contribution is 5.95. The Kier molecular flexibility index (Phi) is 5.98. The van der Waals surface area contributed by atoms with E-state index in [1.807, 2.05) is 4.90 Å². The van der Waals surface area contributed by atoms with Gasteiger partial charge < -0.3 is 20.1 Å². The number of halogens is 1. The standard InChI is InChI=1S/C18H22N2O3.ClH/c1-3-8-23-16-9-12(6-7-15(16)22-2)18(21)20-10-13-4-5-14(11-20)17(13)19;/h1,6-7,9,13-14,17H,4-5,8,10-11,19H2,2H3;1H/t13-,14+,17?;. The maximum absolute atomic E-state index is 12.8. The Balaban J connectivity index is 0.00000208. The topological polar surface area (TPSA) is 64.8 Å². The number of likely N-dealkylation sites (tertiary alicyclic amines) is 1. The first-order valence-electron chi connectivity index (χ1n) is 7.93. The molecule has 3 rings (SSSR count). The molecule has 24 heavy (non-hydrogen) atoms. The zero-order valence-corrected chi connectivity index (χ0v) is 14.6. The lowest BCUT2D eigenvalue weighted by Gasteiger charge is -2.36. The Morgan fingerprint density at radius 2 is 2.00 bits per heavy atom. The molecule has 1 aliphatic heterocycles. The van der Waals surface area contributed by atoms with Gasteiger partial charge in [0.15, 0.2) is 11.5 Å². The van der Waals surface area contributed by atoms with Crippen LogP contribution in [0.25, 0.3) is 0 Å². The highest BCUT2D eigenvalue weighted by atomic mass is 35.5. The molecule has 1 unspecified atom stereocenters. The molecule has 1 aromatic rings. The van der Waals surface area contributed by atoms with E-state index in [2.05, 4.69) is 5.92 Å². The lowest BCUT2D eigenvalue weighted by Crippen LogP contribution is -2.50. The van der Waals surface area contributed by atoms with Crippen LogP contribution >= 0.6 is 12.4 Å². The van der Waals surface area contributed by atoms with Crippen molar-refractivity contribution in [2.24, 2.45) is 17.6 Å². The molecule has 2 aliphatic rings. The number of ether oxygens (including phenoxy) is 2. The SMILES string of the molecule is C#CCOc1cc(C(=O)N2C[C@H]3CC[C@@H](C2)C3N)ccc1OC.Cl. The highest BCUT2D eigenvalue weighted by Gasteiger charge is 2.41. The number of benzene rings is 1. The van der Waals surface area contributed by atoms with Gasteiger partial charge in [-0.05, 0) is 42.9 Å². The summed E-state index contributed by atoms with van der Waals surface area (Å²) in [6, 6.07) is 5.45. The number of nitrogens with zero attached hydrogens (tertiary/aromatic N) is 1. The Morgan fingerprint density at radius 3 is 2.58 bits per heavy atom. The van der Waals surface area contributed by atoms with Crippen LogP contribution < -0.4 is 15.2 Å². The summed E-state index contributed by atoms with van der Waals surface area (Å²) in [6.07, 6.45) is 7.47. The Morgan fingerprint density at radius 1 is 1.33 bits per heavy atom. The maximum atomic E-state index is 12.8. The molecule has 2 fully saturated rings. The summed E-state index contributed by atoms with van der Waals surface area (Å²) in [5.41, 5.74) is 6.80. The molecule has 2 bridgehead atoms. The van der Waals surface area contributed by atoms with Crippen LogP contribution in [0.3, 0.4) is 0 Å². The van der Waals surface area contributed by atoms with Crippen molar-refractivity contribution in [1.29, 1.82) is 0 Å². The van der Waals surface area contributed by atoms with Gasteiger partial charge in [0.1, 0.15) is 6.61 Å². The van der Waals surface area contributed by atoms with Gasteiger partial charge in [-0.3, -0.25) is 4.79 Å². The minimum Gasteiger partial charge on any atom is -0.493 e. The number of methoxy groups -OCH3 is 1. The number of carbonyl (C=O) groups excluding carboxylic acids is 1. The Labute approximate surface area is 148 Å². The third-order valence-electron chi connectivity index (χ3n) is 4.92. The van der Waals surface area contributed by atoms with Crippen molar-refractivity contribution in [2.75, 3.05) is 26.8 Å². The van der Waals surface area contributed by atoms with Crippen molar-refractivity contribution in [3.63, 3.8) is 0 Å². The molecule has 0 aromatic heterocycles. The molecule has 1 saturated heterocycles. The average molecular weight is 351 g/mol. The number of nitrogens with two attached hydrogens (primary N) is 1. The summed E-state index contributed by atoms with van der Waals surface area (Å²) in [4.78, 5) is 14.7. The average Bonchev–Trinajstić information content (AvgIpc) is 2.79. The van der Waals surface area contributed by atoms with Crippen LogP contribution in [0.4, 0.5) is 0 Å². The van der Waals surface area contributed by atoms with Crippen LogP contribution in [0.2, 0.25) is 0 Å². The van der Waals surface area contributed by atoms with E-state index in [0.29, 0.717) is 28.9 Å². The molecule has 1 amide bonds. The lowest BCUT2D eigenvalue weighted by atomic mass is 9.92. The van der Waals surface area contributed by atoms with Gasteiger partial charge in [0, 0.05) is 24.7 Å². The monoisotopic (exact) mass is 350 g/mol. The van der Waals surface area contributed by atoms with E-state index in [1.54, 1.807) is 25.3 Å². The van der Waals surface area contributed by atoms with E-state index >= 15 is 0 Å². The predicted molar refractivity (Wildman–Crippen MR) is 94.7 cm³/mol. The van der Waals surface area contributed by atoms with Crippen molar-refractivity contribution in [3.05, 3.63) is 23.8 Å². The molecule has 1 saturated carbocycles. The summed E-state index contributed by atoms with van der Waals surface area (Å²) < 4.78 is 10.7. The van der Waals surface area contributed by atoms with Gasteiger partial charge in [0.2, 0.25) is 0 Å². The van der Waals surface area contributed by atoms with Gasteiger partial charge in [0.25, 0.3) is 5.91 Å². The maximum Gasteiger partial charge on any atom is 0.254 e. The Hall–Kier alpha value is -1.90. The molecule has 5 nitrogen and oxygen atoms in total. The molecule has 0 radical (unpaired) electrons. The molecule has 130 valence electrons. The van der Waals surface area contributed by atoms with Crippen LogP contribution in [0, 0.1) is 24.2 Å². The van der Waals surface area contributed by atoms with E-state index in [-0.39, 0.29) is 31.0 Å².